The van der Waals surface area contributed by atoms with Crippen LogP contribution in [-0.4, -0.2) is 38.2 Å². The van der Waals surface area contributed by atoms with Crippen LogP contribution in [0, 0.1) is 0 Å². The monoisotopic (exact) mass is 357 g/mol. The van der Waals surface area contributed by atoms with E-state index in [9.17, 15) is 9.59 Å². The second-order valence-electron chi connectivity index (χ2n) is 4.86. The number of anilines is 1. The molecule has 1 amide bonds. The molecule has 0 fully saturated rings. The maximum Gasteiger partial charge on any atom is 0.338 e. The number of carbonyl (C=O) groups excluding carboxylic acids is 2. The van der Waals surface area contributed by atoms with E-state index in [1.165, 1.54) is 41.9 Å². The van der Waals surface area contributed by atoms with Gasteiger partial charge in [-0.25, -0.2) is 14.5 Å². The molecule has 2 heterocycles. The first kappa shape index (κ1) is 16.6. The number of aromatic nitrogens is 4. The third-order valence-electron chi connectivity index (χ3n) is 3.15. The Hall–Kier alpha value is -3.26. The highest BCUT2D eigenvalue weighted by Gasteiger charge is 2.13. The quantitative estimate of drug-likeness (QED) is 0.702. The number of halogens is 1. The maximum absolute atomic E-state index is 12.1. The van der Waals surface area contributed by atoms with Gasteiger partial charge in [0.2, 0.25) is 0 Å². The molecule has 0 bridgehead atoms. The smallest absolute Gasteiger partial charge is 0.338 e. The molecule has 25 heavy (non-hydrogen) atoms. The number of nitrogens with zero attached hydrogens (tertiary/aromatic N) is 4. The average Bonchev–Trinajstić information content (AvgIpc) is 3.15. The summed E-state index contributed by atoms with van der Waals surface area (Å²) in [5.41, 5.74) is 1.31. The Kier molecular flexibility index (Phi) is 5.00. The van der Waals surface area contributed by atoms with Gasteiger partial charge in [-0.15, -0.1) is 0 Å². The highest BCUT2D eigenvalue weighted by Crippen LogP contribution is 2.23. The minimum atomic E-state index is -0.611. The zero-order valence-corrected chi connectivity index (χ0v) is 13.6. The molecule has 0 saturated heterocycles. The number of esters is 1. The molecule has 0 unspecified atom stereocenters. The van der Waals surface area contributed by atoms with E-state index in [1.807, 2.05) is 0 Å². The van der Waals surface area contributed by atoms with Gasteiger partial charge in [0, 0.05) is 17.4 Å². The van der Waals surface area contributed by atoms with Crippen LogP contribution < -0.4 is 5.32 Å². The summed E-state index contributed by atoms with van der Waals surface area (Å²) in [6, 6.07) is 7.93. The van der Waals surface area contributed by atoms with Gasteiger partial charge in [0.25, 0.3) is 5.91 Å². The molecular formula is C16H12ClN5O3. The standard InChI is InChI=1S/C16H12ClN5O3/c17-12-1-2-14(22-10-19-9-20-22)13(7-12)21-15(23)8-25-16(24)11-3-5-18-6-4-11/h1-7,9-10H,8H2,(H,21,23). The summed E-state index contributed by atoms with van der Waals surface area (Å²) in [7, 11) is 0. The number of hydrogen-bond acceptors (Lipinski definition) is 6. The lowest BCUT2D eigenvalue weighted by Crippen LogP contribution is -2.21. The van der Waals surface area contributed by atoms with Crippen molar-refractivity contribution in [2.75, 3.05) is 11.9 Å². The Balaban J connectivity index is 1.67. The molecule has 126 valence electrons. The molecule has 0 aliphatic rings. The van der Waals surface area contributed by atoms with Crippen LogP contribution in [0.15, 0.2) is 55.4 Å². The summed E-state index contributed by atoms with van der Waals surface area (Å²) in [5, 5.41) is 7.10. The predicted molar refractivity (Wildman–Crippen MR) is 89.5 cm³/mol. The van der Waals surface area contributed by atoms with Crippen LogP contribution in [0.5, 0.6) is 0 Å². The lowest BCUT2D eigenvalue weighted by Gasteiger charge is -2.11. The van der Waals surface area contributed by atoms with Crippen LogP contribution in [0.25, 0.3) is 5.69 Å². The van der Waals surface area contributed by atoms with Gasteiger partial charge in [-0.2, -0.15) is 5.10 Å². The van der Waals surface area contributed by atoms with E-state index in [-0.39, 0.29) is 0 Å². The first-order valence-electron chi connectivity index (χ1n) is 7.15. The van der Waals surface area contributed by atoms with Crippen LogP contribution in [0.1, 0.15) is 10.4 Å². The van der Waals surface area contributed by atoms with Crippen molar-refractivity contribution in [3.8, 4) is 5.69 Å². The number of amides is 1. The third kappa shape index (κ3) is 4.18. The third-order valence-corrected chi connectivity index (χ3v) is 3.38. The highest BCUT2D eigenvalue weighted by atomic mass is 35.5. The molecule has 0 spiro atoms. The fourth-order valence-corrected chi connectivity index (χ4v) is 2.20. The van der Waals surface area contributed by atoms with Crippen molar-refractivity contribution in [2.45, 2.75) is 0 Å². The first-order chi connectivity index (χ1) is 12.1. The number of ether oxygens (including phenoxy) is 1. The first-order valence-corrected chi connectivity index (χ1v) is 7.53. The van der Waals surface area contributed by atoms with Crippen molar-refractivity contribution in [2.24, 2.45) is 0 Å². The van der Waals surface area contributed by atoms with Crippen LogP contribution in [0.3, 0.4) is 0 Å². The lowest BCUT2D eigenvalue weighted by molar-refractivity contribution is -0.119. The van der Waals surface area contributed by atoms with Crippen LogP contribution in [0.4, 0.5) is 5.69 Å². The summed E-state index contributed by atoms with van der Waals surface area (Å²) >= 11 is 5.98. The highest BCUT2D eigenvalue weighted by molar-refractivity contribution is 6.31. The summed E-state index contributed by atoms with van der Waals surface area (Å²) in [6.45, 7) is -0.440. The molecule has 0 aliphatic heterocycles. The molecule has 0 radical (unpaired) electrons. The summed E-state index contributed by atoms with van der Waals surface area (Å²) in [5.74, 6) is -1.12. The number of hydrogen-bond donors (Lipinski definition) is 1. The van der Waals surface area contributed by atoms with Crippen LogP contribution >= 0.6 is 11.6 Å². The summed E-state index contributed by atoms with van der Waals surface area (Å²) < 4.78 is 6.46. The van der Waals surface area contributed by atoms with E-state index in [2.05, 4.69) is 20.4 Å². The number of nitrogens with one attached hydrogen (secondary N) is 1. The Morgan fingerprint density at radius 1 is 1.16 bits per heavy atom. The number of benzene rings is 1. The largest absolute Gasteiger partial charge is 0.452 e. The van der Waals surface area contributed by atoms with Crippen LogP contribution in [-0.2, 0) is 9.53 Å². The second-order valence-corrected chi connectivity index (χ2v) is 5.30. The molecular weight excluding hydrogens is 346 g/mol. The van der Waals surface area contributed by atoms with E-state index in [0.717, 1.165) is 0 Å². The van der Waals surface area contributed by atoms with Crippen molar-refractivity contribution >= 4 is 29.2 Å². The molecule has 1 N–H and O–H groups in total. The van der Waals surface area contributed by atoms with E-state index >= 15 is 0 Å². The van der Waals surface area contributed by atoms with Gasteiger partial charge < -0.3 is 10.1 Å². The van der Waals surface area contributed by atoms with Gasteiger partial charge in [0.1, 0.15) is 12.7 Å². The van der Waals surface area contributed by atoms with Gasteiger partial charge in [-0.1, -0.05) is 11.6 Å². The van der Waals surface area contributed by atoms with Crippen molar-refractivity contribution in [3.63, 3.8) is 0 Å². The molecule has 0 atom stereocenters. The molecule has 3 rings (SSSR count). The topological polar surface area (TPSA) is 99.0 Å². The number of pyridine rings is 1. The van der Waals surface area contributed by atoms with Gasteiger partial charge in [0.15, 0.2) is 6.61 Å². The second kappa shape index (κ2) is 7.54. The molecule has 2 aromatic heterocycles. The number of rotatable bonds is 5. The minimum Gasteiger partial charge on any atom is -0.452 e. The maximum atomic E-state index is 12.1. The average molecular weight is 358 g/mol. The Labute approximate surface area is 147 Å². The van der Waals surface area contributed by atoms with Gasteiger partial charge >= 0.3 is 5.97 Å². The molecule has 8 nitrogen and oxygen atoms in total. The molecule has 0 aliphatic carbocycles. The van der Waals surface area contributed by atoms with Crippen molar-refractivity contribution < 1.29 is 14.3 Å². The molecule has 9 heteroatoms. The fraction of sp³-hybridized carbons (Fsp3) is 0.0625. The minimum absolute atomic E-state index is 0.314. The van der Waals surface area contributed by atoms with Crippen LogP contribution in [0.2, 0.25) is 5.02 Å². The van der Waals surface area contributed by atoms with E-state index in [0.29, 0.717) is 22.0 Å². The summed E-state index contributed by atoms with van der Waals surface area (Å²) in [6.07, 6.45) is 5.79. The predicted octanol–water partition coefficient (Wildman–Crippen LogP) is 2.11. The molecule has 3 aromatic rings. The Bertz CT molecular complexity index is 884. The van der Waals surface area contributed by atoms with Gasteiger partial charge in [-0.05, 0) is 30.3 Å². The van der Waals surface area contributed by atoms with Gasteiger partial charge in [0.05, 0.1) is 16.9 Å². The number of carbonyl (C=O) groups is 2. The van der Waals surface area contributed by atoms with E-state index in [1.54, 1.807) is 18.2 Å². The van der Waals surface area contributed by atoms with Crippen molar-refractivity contribution in [1.82, 2.24) is 19.7 Å². The van der Waals surface area contributed by atoms with Crippen molar-refractivity contribution in [3.05, 3.63) is 66.0 Å². The van der Waals surface area contributed by atoms with Crippen molar-refractivity contribution in [1.29, 1.82) is 0 Å². The molecule has 0 saturated carbocycles. The van der Waals surface area contributed by atoms with E-state index < -0.39 is 18.5 Å². The summed E-state index contributed by atoms with van der Waals surface area (Å²) in [4.78, 5) is 31.6. The zero-order valence-electron chi connectivity index (χ0n) is 12.8. The lowest BCUT2D eigenvalue weighted by atomic mass is 10.2. The Morgan fingerprint density at radius 3 is 2.68 bits per heavy atom. The normalized spacial score (nSPS) is 10.3. The zero-order chi connectivity index (χ0) is 17.6. The SMILES string of the molecule is O=C(COC(=O)c1ccncc1)Nc1cc(Cl)ccc1-n1cncn1. The fourth-order valence-electron chi connectivity index (χ4n) is 2.03. The molecule has 1 aromatic carbocycles. The Morgan fingerprint density at radius 2 is 1.96 bits per heavy atom. The van der Waals surface area contributed by atoms with E-state index in [4.69, 9.17) is 16.3 Å². The van der Waals surface area contributed by atoms with Gasteiger partial charge in [-0.3, -0.25) is 9.78 Å².